The number of rotatable bonds is 7. The Morgan fingerprint density at radius 1 is 1.33 bits per heavy atom. The van der Waals surface area contributed by atoms with E-state index < -0.39 is 41.8 Å². The second-order valence-electron chi connectivity index (χ2n) is 5.44. The summed E-state index contributed by atoms with van der Waals surface area (Å²) in [5, 5.41) is 16.8. The zero-order valence-corrected chi connectivity index (χ0v) is 14.1. The van der Waals surface area contributed by atoms with Gasteiger partial charge in [-0.2, -0.15) is 13.9 Å². The van der Waals surface area contributed by atoms with Crippen molar-refractivity contribution in [3.63, 3.8) is 0 Å². The summed E-state index contributed by atoms with van der Waals surface area (Å²) in [6.07, 6.45) is -3.17. The van der Waals surface area contributed by atoms with E-state index in [4.69, 9.17) is 0 Å². The van der Waals surface area contributed by atoms with Crippen LogP contribution >= 0.6 is 0 Å². The van der Waals surface area contributed by atoms with Crippen molar-refractivity contribution in [2.45, 2.75) is 33.4 Å². The molecule has 0 aliphatic carbocycles. The smallest absolute Gasteiger partial charge is 0.387 e. The third-order valence-electron chi connectivity index (χ3n) is 3.58. The van der Waals surface area contributed by atoms with E-state index in [-0.39, 0.29) is 17.1 Å². The molecule has 1 aromatic heterocycles. The van der Waals surface area contributed by atoms with E-state index in [0.29, 0.717) is 5.56 Å². The highest BCUT2D eigenvalue weighted by atomic mass is 19.3. The number of anilines is 1. The molecule has 0 bridgehead atoms. The van der Waals surface area contributed by atoms with Crippen molar-refractivity contribution < 1.29 is 32.0 Å². The second-order valence-corrected chi connectivity index (χ2v) is 5.44. The molecule has 0 unspecified atom stereocenters. The van der Waals surface area contributed by atoms with Gasteiger partial charge in [0.15, 0.2) is 0 Å². The molecule has 146 valence electrons. The molecule has 12 heteroatoms. The third kappa shape index (κ3) is 4.71. The number of benzene rings is 1. The number of halogens is 4. The Morgan fingerprint density at radius 2 is 2.00 bits per heavy atom. The summed E-state index contributed by atoms with van der Waals surface area (Å²) < 4.78 is 55.2. The van der Waals surface area contributed by atoms with Crippen LogP contribution in [0.25, 0.3) is 0 Å². The summed E-state index contributed by atoms with van der Waals surface area (Å²) >= 11 is 0. The van der Waals surface area contributed by atoms with Gasteiger partial charge in [0.2, 0.25) is 11.6 Å². The molecular formula is C15H14F4N4O4. The van der Waals surface area contributed by atoms with Crippen LogP contribution in [0.1, 0.15) is 23.4 Å². The fourth-order valence-electron chi connectivity index (χ4n) is 2.36. The van der Waals surface area contributed by atoms with Crippen LogP contribution in [0.3, 0.4) is 0 Å². The molecular weight excluding hydrogens is 376 g/mol. The van der Waals surface area contributed by atoms with Gasteiger partial charge >= 0.3 is 12.3 Å². The molecule has 0 saturated carbocycles. The van der Waals surface area contributed by atoms with E-state index in [9.17, 15) is 32.5 Å². The molecule has 0 aliphatic heterocycles. The first kappa shape index (κ1) is 20.1. The van der Waals surface area contributed by atoms with Crippen LogP contribution in [0.15, 0.2) is 18.2 Å². The Kier molecular flexibility index (Phi) is 5.98. The summed E-state index contributed by atoms with van der Waals surface area (Å²) in [7, 11) is 0. The van der Waals surface area contributed by atoms with Crippen molar-refractivity contribution in [2.75, 3.05) is 5.32 Å². The Morgan fingerprint density at radius 3 is 2.48 bits per heavy atom. The Bertz CT molecular complexity index is 870. The van der Waals surface area contributed by atoms with Crippen molar-refractivity contribution >= 4 is 17.3 Å². The number of aryl methyl sites for hydroxylation is 1. The molecule has 1 N–H and O–H groups in total. The first-order valence-electron chi connectivity index (χ1n) is 7.45. The van der Waals surface area contributed by atoms with Gasteiger partial charge in [-0.3, -0.25) is 19.6 Å². The van der Waals surface area contributed by atoms with Crippen molar-refractivity contribution in [1.82, 2.24) is 9.78 Å². The Hall–Kier alpha value is -3.18. The average Bonchev–Trinajstić information content (AvgIpc) is 2.86. The minimum absolute atomic E-state index is 0.0966. The number of nitrogens with zero attached hydrogens (tertiary/aromatic N) is 3. The maximum Gasteiger partial charge on any atom is 0.387 e. The van der Waals surface area contributed by atoms with Crippen LogP contribution in [-0.2, 0) is 11.3 Å². The molecule has 0 fully saturated rings. The first-order chi connectivity index (χ1) is 12.6. The van der Waals surface area contributed by atoms with Gasteiger partial charge in [0.05, 0.1) is 4.92 Å². The predicted molar refractivity (Wildman–Crippen MR) is 85.0 cm³/mol. The first-order valence-corrected chi connectivity index (χ1v) is 7.45. The average molecular weight is 390 g/mol. The number of aromatic nitrogens is 2. The summed E-state index contributed by atoms with van der Waals surface area (Å²) in [4.78, 5) is 22.1. The van der Waals surface area contributed by atoms with E-state index in [0.717, 1.165) is 4.68 Å². The van der Waals surface area contributed by atoms with Gasteiger partial charge in [0.1, 0.15) is 18.0 Å². The quantitative estimate of drug-likeness (QED) is 0.443. The van der Waals surface area contributed by atoms with Gasteiger partial charge in [0, 0.05) is 5.69 Å². The Balaban J connectivity index is 2.17. The fraction of sp³-hybridized carbons (Fsp3) is 0.333. The molecule has 0 spiro atoms. The lowest BCUT2D eigenvalue weighted by molar-refractivity contribution is -0.386. The van der Waals surface area contributed by atoms with E-state index >= 15 is 0 Å². The number of hydrogen-bond donors (Lipinski definition) is 1. The normalized spacial score (nSPS) is 11.1. The van der Waals surface area contributed by atoms with Crippen LogP contribution < -0.4 is 10.1 Å². The number of nitrogens with one attached hydrogen (secondary N) is 1. The highest BCUT2D eigenvalue weighted by Crippen LogP contribution is 2.31. The lowest BCUT2D eigenvalue weighted by Crippen LogP contribution is -2.21. The number of carbonyl (C=O) groups is 1. The van der Waals surface area contributed by atoms with Crippen LogP contribution in [0.4, 0.5) is 28.9 Å². The van der Waals surface area contributed by atoms with Gasteiger partial charge in [-0.1, -0.05) is 0 Å². The topological polar surface area (TPSA) is 99.3 Å². The van der Waals surface area contributed by atoms with Crippen molar-refractivity contribution in [1.29, 1.82) is 0 Å². The van der Waals surface area contributed by atoms with Crippen molar-refractivity contribution in [2.24, 2.45) is 0 Å². The molecule has 2 aromatic rings. The van der Waals surface area contributed by atoms with Crippen LogP contribution in [0, 0.1) is 24.0 Å². The van der Waals surface area contributed by atoms with Gasteiger partial charge in [-0.25, -0.2) is 8.78 Å². The second kappa shape index (κ2) is 8.01. The fourth-order valence-corrected chi connectivity index (χ4v) is 2.36. The maximum absolute atomic E-state index is 12.9. The lowest BCUT2D eigenvalue weighted by Gasteiger charge is -2.11. The van der Waals surface area contributed by atoms with E-state index in [1.807, 2.05) is 0 Å². The zero-order chi connectivity index (χ0) is 20.3. The molecule has 0 aliphatic rings. The van der Waals surface area contributed by atoms with Gasteiger partial charge in [-0.05, 0) is 37.6 Å². The molecule has 1 amide bonds. The minimum atomic E-state index is -3.17. The number of ether oxygens (including phenoxy) is 1. The maximum atomic E-state index is 12.9. The summed E-state index contributed by atoms with van der Waals surface area (Å²) in [5.74, 6) is -0.789. The number of amides is 1. The molecule has 27 heavy (non-hydrogen) atoms. The molecule has 2 rings (SSSR count). The summed E-state index contributed by atoms with van der Waals surface area (Å²) in [5.41, 5.74) is -1.37. The molecule has 8 nitrogen and oxygen atoms in total. The van der Waals surface area contributed by atoms with Crippen LogP contribution in [0.2, 0.25) is 0 Å². The van der Waals surface area contributed by atoms with E-state index in [1.165, 1.54) is 32.0 Å². The number of nitro groups is 1. The van der Waals surface area contributed by atoms with E-state index in [1.54, 1.807) is 0 Å². The molecule has 1 heterocycles. The van der Waals surface area contributed by atoms with Crippen molar-refractivity contribution in [3.8, 4) is 5.75 Å². The number of carbonyl (C=O) groups excluding carboxylic acids is 1. The monoisotopic (exact) mass is 390 g/mol. The van der Waals surface area contributed by atoms with E-state index in [2.05, 4.69) is 15.2 Å². The molecule has 0 radical (unpaired) electrons. The Labute approximate surface area is 149 Å². The van der Waals surface area contributed by atoms with Gasteiger partial charge in [-0.15, -0.1) is 0 Å². The van der Waals surface area contributed by atoms with Gasteiger partial charge < -0.3 is 10.1 Å². The predicted octanol–water partition coefficient (Wildman–Crippen LogP) is 3.59. The highest BCUT2D eigenvalue weighted by molar-refractivity contribution is 5.91. The number of hydrogen-bond acceptors (Lipinski definition) is 5. The summed E-state index contributed by atoms with van der Waals surface area (Å²) in [6.45, 7) is -0.806. The highest BCUT2D eigenvalue weighted by Gasteiger charge is 2.31. The number of alkyl halides is 4. The minimum Gasteiger partial charge on any atom is -0.435 e. The van der Waals surface area contributed by atoms with Gasteiger partial charge in [0.25, 0.3) is 6.43 Å². The largest absolute Gasteiger partial charge is 0.435 e. The standard InChI is InChI=1S/C15H14F4N4O4/c1-7-5-9(27-15(18)19)3-4-10(7)20-11(24)6-22-8(2)13(23(25)26)12(21-22)14(16)17/h3-5,14-15H,6H2,1-2H3,(H,20,24). The molecule has 0 saturated heterocycles. The summed E-state index contributed by atoms with van der Waals surface area (Å²) in [6, 6.07) is 3.82. The lowest BCUT2D eigenvalue weighted by atomic mass is 10.2. The molecule has 1 aromatic carbocycles. The SMILES string of the molecule is Cc1cc(OC(F)F)ccc1NC(=O)Cn1nc(C(F)F)c([N+](=O)[O-])c1C. The molecule has 0 atom stereocenters. The third-order valence-corrected chi connectivity index (χ3v) is 3.58. The van der Waals surface area contributed by atoms with Crippen molar-refractivity contribution in [3.05, 3.63) is 45.3 Å². The van der Waals surface area contributed by atoms with Crippen LogP contribution in [0.5, 0.6) is 5.75 Å². The zero-order valence-electron chi connectivity index (χ0n) is 14.1. The van der Waals surface area contributed by atoms with Crippen LogP contribution in [-0.4, -0.2) is 27.2 Å².